The van der Waals surface area contributed by atoms with Crippen LogP contribution in [0.4, 0.5) is 0 Å². The van der Waals surface area contributed by atoms with E-state index in [2.05, 4.69) is 15.3 Å². The second-order valence-electron chi connectivity index (χ2n) is 8.06. The Morgan fingerprint density at radius 2 is 2.00 bits per heavy atom. The zero-order chi connectivity index (χ0) is 20.2. The van der Waals surface area contributed by atoms with Crippen molar-refractivity contribution in [3.05, 3.63) is 48.0 Å². The molecule has 1 amide bonds. The van der Waals surface area contributed by atoms with E-state index in [1.807, 2.05) is 31.2 Å². The molecule has 1 aliphatic carbocycles. The lowest BCUT2D eigenvalue weighted by Crippen LogP contribution is -2.40. The van der Waals surface area contributed by atoms with E-state index in [1.54, 1.807) is 22.0 Å². The Kier molecular flexibility index (Phi) is 3.90. The SMILES string of the molecule is Cc1c(C(=O)N2CCC3(CC2)CC3C(=O)O)nnn1-c1cccc2cnccc12. The summed E-state index contributed by atoms with van der Waals surface area (Å²) in [6.45, 7) is 2.98. The van der Waals surface area contributed by atoms with Crippen molar-refractivity contribution in [3.8, 4) is 5.69 Å². The Morgan fingerprint density at radius 3 is 2.72 bits per heavy atom. The van der Waals surface area contributed by atoms with E-state index >= 15 is 0 Å². The number of carboxylic acids is 1. The molecular formula is C21H21N5O3. The van der Waals surface area contributed by atoms with Crippen LogP contribution in [-0.4, -0.2) is 55.0 Å². The van der Waals surface area contributed by atoms with E-state index in [1.165, 1.54) is 0 Å². The van der Waals surface area contributed by atoms with Crippen molar-refractivity contribution >= 4 is 22.6 Å². The predicted octanol–water partition coefficient (Wildman–Crippen LogP) is 2.45. The Labute approximate surface area is 167 Å². The van der Waals surface area contributed by atoms with Crippen LogP contribution in [0, 0.1) is 18.3 Å². The summed E-state index contributed by atoms with van der Waals surface area (Å²) < 4.78 is 1.70. The number of hydrogen-bond acceptors (Lipinski definition) is 5. The monoisotopic (exact) mass is 391 g/mol. The van der Waals surface area contributed by atoms with Crippen molar-refractivity contribution in [2.24, 2.45) is 11.3 Å². The van der Waals surface area contributed by atoms with E-state index in [0.29, 0.717) is 24.5 Å². The first-order valence-electron chi connectivity index (χ1n) is 9.78. The number of fused-ring (bicyclic) bond motifs is 1. The molecule has 1 aliphatic heterocycles. The van der Waals surface area contributed by atoms with Crippen LogP contribution in [0.25, 0.3) is 16.5 Å². The number of aliphatic carboxylic acids is 1. The van der Waals surface area contributed by atoms with Crippen LogP contribution in [0.15, 0.2) is 36.7 Å². The van der Waals surface area contributed by atoms with Gasteiger partial charge in [-0.1, -0.05) is 17.3 Å². The van der Waals surface area contributed by atoms with E-state index in [-0.39, 0.29) is 17.2 Å². The van der Waals surface area contributed by atoms with Crippen LogP contribution in [0.1, 0.15) is 35.4 Å². The standard InChI is InChI=1S/C21H21N5O3/c1-13-18(19(27)25-9-6-21(7-10-25)11-16(21)20(28)29)23-24-26(13)17-4-2-3-14-12-22-8-5-15(14)17/h2-5,8,12,16H,6-7,9-11H2,1H3,(H,28,29). The van der Waals surface area contributed by atoms with Gasteiger partial charge in [0.15, 0.2) is 5.69 Å². The molecule has 2 fully saturated rings. The highest BCUT2D eigenvalue weighted by molar-refractivity contribution is 5.94. The lowest BCUT2D eigenvalue weighted by molar-refractivity contribution is -0.139. The molecule has 1 saturated carbocycles. The van der Waals surface area contributed by atoms with Gasteiger partial charge in [0.05, 0.1) is 17.3 Å². The highest BCUT2D eigenvalue weighted by Crippen LogP contribution is 2.59. The van der Waals surface area contributed by atoms with Crippen molar-refractivity contribution in [1.29, 1.82) is 0 Å². The molecule has 2 aliphatic rings. The molecule has 8 heteroatoms. The fraction of sp³-hybridized carbons (Fsp3) is 0.381. The van der Waals surface area contributed by atoms with E-state index in [0.717, 1.165) is 35.7 Å². The van der Waals surface area contributed by atoms with Gasteiger partial charge in [0.2, 0.25) is 0 Å². The molecule has 0 radical (unpaired) electrons. The van der Waals surface area contributed by atoms with Gasteiger partial charge in [-0.15, -0.1) is 5.10 Å². The van der Waals surface area contributed by atoms with Gasteiger partial charge in [0.1, 0.15) is 0 Å². The zero-order valence-corrected chi connectivity index (χ0v) is 16.1. The predicted molar refractivity (Wildman–Crippen MR) is 105 cm³/mol. The van der Waals surface area contributed by atoms with Crippen molar-refractivity contribution < 1.29 is 14.7 Å². The van der Waals surface area contributed by atoms with Gasteiger partial charge >= 0.3 is 5.97 Å². The quantitative estimate of drug-likeness (QED) is 0.736. The second-order valence-corrected chi connectivity index (χ2v) is 8.06. The van der Waals surface area contributed by atoms with Gasteiger partial charge < -0.3 is 10.0 Å². The van der Waals surface area contributed by atoms with Crippen LogP contribution in [0.5, 0.6) is 0 Å². The second kappa shape index (κ2) is 6.37. The summed E-state index contributed by atoms with van der Waals surface area (Å²) in [5.41, 5.74) is 1.78. The fourth-order valence-corrected chi connectivity index (χ4v) is 4.60. The zero-order valence-electron chi connectivity index (χ0n) is 16.1. The maximum Gasteiger partial charge on any atom is 0.307 e. The molecule has 8 nitrogen and oxygen atoms in total. The Hall–Kier alpha value is -3.29. The first-order valence-corrected chi connectivity index (χ1v) is 9.78. The Morgan fingerprint density at radius 1 is 1.21 bits per heavy atom. The Balaban J connectivity index is 1.39. The molecular weight excluding hydrogens is 370 g/mol. The summed E-state index contributed by atoms with van der Waals surface area (Å²) in [4.78, 5) is 30.2. The number of rotatable bonds is 3. The number of likely N-dealkylation sites (tertiary alicyclic amines) is 1. The van der Waals surface area contributed by atoms with Gasteiger partial charge in [-0.25, -0.2) is 4.68 Å². The molecule has 2 aromatic heterocycles. The lowest BCUT2D eigenvalue weighted by Gasteiger charge is -2.32. The van der Waals surface area contributed by atoms with Gasteiger partial charge in [0.25, 0.3) is 5.91 Å². The normalized spacial score (nSPS) is 20.2. The Bertz CT molecular complexity index is 1130. The average molecular weight is 391 g/mol. The first kappa shape index (κ1) is 17.8. The number of hydrogen-bond donors (Lipinski definition) is 1. The molecule has 1 saturated heterocycles. The third kappa shape index (κ3) is 2.78. The number of carboxylic acid groups (broad SMARTS) is 1. The largest absolute Gasteiger partial charge is 0.481 e. The molecule has 1 aromatic carbocycles. The van der Waals surface area contributed by atoms with Gasteiger partial charge in [-0.3, -0.25) is 14.6 Å². The minimum atomic E-state index is -0.714. The van der Waals surface area contributed by atoms with Gasteiger partial charge in [-0.05, 0) is 43.7 Å². The molecule has 0 bridgehead atoms. The number of carbonyl (C=O) groups is 2. The number of amides is 1. The van der Waals surface area contributed by atoms with Gasteiger partial charge in [-0.2, -0.15) is 0 Å². The maximum atomic E-state index is 13.1. The molecule has 5 rings (SSSR count). The van der Waals surface area contributed by atoms with Crippen molar-refractivity contribution in [2.75, 3.05) is 13.1 Å². The lowest BCUT2D eigenvalue weighted by atomic mass is 9.90. The highest BCUT2D eigenvalue weighted by atomic mass is 16.4. The fourth-order valence-electron chi connectivity index (χ4n) is 4.60. The smallest absolute Gasteiger partial charge is 0.307 e. The van der Waals surface area contributed by atoms with Crippen LogP contribution < -0.4 is 0 Å². The van der Waals surface area contributed by atoms with Crippen LogP contribution in [0.3, 0.4) is 0 Å². The summed E-state index contributed by atoms with van der Waals surface area (Å²) in [7, 11) is 0. The van der Waals surface area contributed by atoms with Crippen molar-refractivity contribution in [1.82, 2.24) is 24.9 Å². The van der Waals surface area contributed by atoms with E-state index in [9.17, 15) is 14.7 Å². The summed E-state index contributed by atoms with van der Waals surface area (Å²) in [5.74, 6) is -1.10. The van der Waals surface area contributed by atoms with E-state index in [4.69, 9.17) is 0 Å². The number of pyridine rings is 1. The molecule has 1 unspecified atom stereocenters. The van der Waals surface area contributed by atoms with Crippen molar-refractivity contribution in [3.63, 3.8) is 0 Å². The van der Waals surface area contributed by atoms with Crippen LogP contribution in [0.2, 0.25) is 0 Å². The third-order valence-corrected chi connectivity index (χ3v) is 6.52. The minimum Gasteiger partial charge on any atom is -0.481 e. The summed E-state index contributed by atoms with van der Waals surface area (Å²) in [6.07, 6.45) is 5.73. The molecule has 29 heavy (non-hydrogen) atoms. The minimum absolute atomic E-state index is 0.105. The molecule has 148 valence electrons. The number of aromatic nitrogens is 4. The molecule has 1 atom stereocenters. The number of nitrogens with zero attached hydrogens (tertiary/aromatic N) is 5. The average Bonchev–Trinajstić information content (AvgIpc) is 3.31. The molecule has 3 aromatic rings. The van der Waals surface area contributed by atoms with Gasteiger partial charge in [0, 0.05) is 36.3 Å². The summed E-state index contributed by atoms with van der Waals surface area (Å²) >= 11 is 0. The number of piperidine rings is 1. The van der Waals surface area contributed by atoms with E-state index < -0.39 is 5.97 Å². The number of carbonyl (C=O) groups excluding carboxylic acids is 1. The molecule has 1 spiro atoms. The third-order valence-electron chi connectivity index (χ3n) is 6.52. The summed E-state index contributed by atoms with van der Waals surface area (Å²) in [6, 6.07) is 7.78. The molecule has 1 N–H and O–H groups in total. The topological polar surface area (TPSA) is 101 Å². The van der Waals surface area contributed by atoms with Crippen LogP contribution in [-0.2, 0) is 4.79 Å². The first-order chi connectivity index (χ1) is 14.0. The van der Waals surface area contributed by atoms with Crippen molar-refractivity contribution in [2.45, 2.75) is 26.2 Å². The van der Waals surface area contributed by atoms with Crippen LogP contribution >= 0.6 is 0 Å². The number of benzene rings is 1. The summed E-state index contributed by atoms with van der Waals surface area (Å²) in [5, 5.41) is 19.7. The maximum absolute atomic E-state index is 13.1. The highest BCUT2D eigenvalue weighted by Gasteiger charge is 2.59. The molecule has 3 heterocycles.